The summed E-state index contributed by atoms with van der Waals surface area (Å²) in [5.41, 5.74) is 2.00. The van der Waals surface area contributed by atoms with E-state index in [-0.39, 0.29) is 6.04 Å². The summed E-state index contributed by atoms with van der Waals surface area (Å²) in [6, 6.07) is 10.00. The maximum absolute atomic E-state index is 5.05. The molecular formula is C11H10N4S. The third kappa shape index (κ3) is 1.32. The Labute approximate surface area is 98.7 Å². The van der Waals surface area contributed by atoms with Gasteiger partial charge in [0, 0.05) is 0 Å². The molecule has 0 fully saturated rings. The fourth-order valence-corrected chi connectivity index (χ4v) is 2.09. The number of amidine groups is 1. The lowest BCUT2D eigenvalue weighted by molar-refractivity contribution is 1.01. The van der Waals surface area contributed by atoms with Crippen molar-refractivity contribution in [3.05, 3.63) is 30.3 Å². The third-order valence-corrected chi connectivity index (χ3v) is 2.84. The molecule has 0 saturated carbocycles. The molecule has 0 radical (unpaired) electrons. The summed E-state index contributed by atoms with van der Waals surface area (Å²) in [4.78, 5) is 4.31. The summed E-state index contributed by atoms with van der Waals surface area (Å²) in [6.07, 6.45) is 0. The average molecular weight is 230 g/mol. The number of rotatable bonds is 1. The van der Waals surface area contributed by atoms with Crippen LogP contribution in [0.5, 0.6) is 0 Å². The molecule has 5 heteroatoms. The minimum atomic E-state index is 0.0488. The highest BCUT2D eigenvalue weighted by atomic mass is 32.1. The Morgan fingerprint density at radius 2 is 2.06 bits per heavy atom. The van der Waals surface area contributed by atoms with E-state index in [9.17, 15) is 0 Å². The number of nitrogens with one attached hydrogen (secondary N) is 1. The number of aliphatic imine (C=N–C) groups is 1. The predicted molar refractivity (Wildman–Crippen MR) is 69.0 cm³/mol. The van der Waals surface area contributed by atoms with Crippen LogP contribution in [0.3, 0.4) is 0 Å². The van der Waals surface area contributed by atoms with Gasteiger partial charge in [-0.2, -0.15) is 5.10 Å². The second-order valence-corrected chi connectivity index (χ2v) is 4.13. The standard InChI is InChI=1S/C11H10N4S/c1-7-9-10(13-11(16)12-9)15(14-7)8-5-3-2-4-6-8/h2-6,9H,1H3,(H,12,16). The van der Waals surface area contributed by atoms with E-state index in [1.807, 2.05) is 42.3 Å². The van der Waals surface area contributed by atoms with Gasteiger partial charge in [0.15, 0.2) is 10.9 Å². The number of anilines is 1. The minimum absolute atomic E-state index is 0.0488. The summed E-state index contributed by atoms with van der Waals surface area (Å²) in [5.74, 6) is 0.869. The molecule has 2 aliphatic heterocycles. The molecule has 0 aromatic heterocycles. The topological polar surface area (TPSA) is 40.0 Å². The van der Waals surface area contributed by atoms with E-state index in [0.29, 0.717) is 5.11 Å². The SMILES string of the molecule is CC1=NN(c2ccccc2)C2=NC(=S)NC12. The number of hydrazone groups is 1. The van der Waals surface area contributed by atoms with Crippen LogP contribution in [-0.2, 0) is 0 Å². The zero-order valence-corrected chi connectivity index (χ0v) is 9.53. The summed E-state index contributed by atoms with van der Waals surface area (Å²) >= 11 is 5.05. The Bertz CT molecular complexity index is 506. The fraction of sp³-hybridized carbons (Fsp3) is 0.182. The van der Waals surface area contributed by atoms with Gasteiger partial charge in [-0.3, -0.25) is 0 Å². The number of nitrogens with zero attached hydrogens (tertiary/aromatic N) is 3. The summed E-state index contributed by atoms with van der Waals surface area (Å²) < 4.78 is 0. The number of benzene rings is 1. The fourth-order valence-electron chi connectivity index (χ4n) is 1.88. The lowest BCUT2D eigenvalue weighted by Crippen LogP contribution is -2.37. The first-order chi connectivity index (χ1) is 7.75. The van der Waals surface area contributed by atoms with Gasteiger partial charge in [0.05, 0.1) is 11.4 Å². The Kier molecular flexibility index (Phi) is 2.00. The molecule has 0 amide bonds. The van der Waals surface area contributed by atoms with Gasteiger partial charge >= 0.3 is 0 Å². The van der Waals surface area contributed by atoms with Crippen molar-refractivity contribution in [1.29, 1.82) is 0 Å². The van der Waals surface area contributed by atoms with Crippen LogP contribution in [0.25, 0.3) is 0 Å². The molecule has 2 aliphatic rings. The van der Waals surface area contributed by atoms with Crippen LogP contribution in [0.4, 0.5) is 5.69 Å². The molecule has 0 aliphatic carbocycles. The number of para-hydroxylation sites is 1. The molecule has 0 bridgehead atoms. The largest absolute Gasteiger partial charge is 0.346 e. The van der Waals surface area contributed by atoms with Gasteiger partial charge in [-0.25, -0.2) is 10.0 Å². The highest BCUT2D eigenvalue weighted by Gasteiger charge is 2.36. The zero-order chi connectivity index (χ0) is 11.1. The molecule has 4 nitrogen and oxygen atoms in total. The van der Waals surface area contributed by atoms with Crippen molar-refractivity contribution in [2.24, 2.45) is 10.1 Å². The van der Waals surface area contributed by atoms with Crippen molar-refractivity contribution in [3.8, 4) is 0 Å². The number of fused-ring (bicyclic) bond motifs is 1. The molecule has 1 aromatic carbocycles. The van der Waals surface area contributed by atoms with Gasteiger partial charge in [-0.05, 0) is 31.3 Å². The highest BCUT2D eigenvalue weighted by molar-refractivity contribution is 7.80. The molecule has 0 saturated heterocycles. The van der Waals surface area contributed by atoms with Gasteiger partial charge in [0.2, 0.25) is 0 Å². The first-order valence-electron chi connectivity index (χ1n) is 5.05. The highest BCUT2D eigenvalue weighted by Crippen LogP contribution is 2.23. The van der Waals surface area contributed by atoms with Crippen molar-refractivity contribution < 1.29 is 0 Å². The maximum Gasteiger partial charge on any atom is 0.195 e. The average Bonchev–Trinajstić information content (AvgIpc) is 2.80. The normalized spacial score (nSPS) is 22.7. The van der Waals surface area contributed by atoms with Crippen LogP contribution >= 0.6 is 12.2 Å². The Balaban J connectivity index is 2.04. The smallest absolute Gasteiger partial charge is 0.195 e. The van der Waals surface area contributed by atoms with Gasteiger partial charge in [0.1, 0.15) is 6.04 Å². The van der Waals surface area contributed by atoms with E-state index in [4.69, 9.17) is 12.2 Å². The van der Waals surface area contributed by atoms with Crippen LogP contribution in [0.1, 0.15) is 6.92 Å². The minimum Gasteiger partial charge on any atom is -0.346 e. The molecule has 3 rings (SSSR count). The molecule has 1 atom stereocenters. The summed E-state index contributed by atoms with van der Waals surface area (Å²) in [5, 5.41) is 9.97. The summed E-state index contributed by atoms with van der Waals surface area (Å²) in [7, 11) is 0. The van der Waals surface area contributed by atoms with Crippen molar-refractivity contribution in [2.75, 3.05) is 5.01 Å². The third-order valence-electron chi connectivity index (χ3n) is 2.64. The van der Waals surface area contributed by atoms with Crippen molar-refractivity contribution in [3.63, 3.8) is 0 Å². The van der Waals surface area contributed by atoms with Crippen LogP contribution in [-0.4, -0.2) is 22.7 Å². The first-order valence-corrected chi connectivity index (χ1v) is 5.46. The van der Waals surface area contributed by atoms with Crippen LogP contribution < -0.4 is 10.3 Å². The lowest BCUT2D eigenvalue weighted by Gasteiger charge is -2.14. The Hall–Kier alpha value is -1.75. The number of thiocarbonyl (C=S) groups is 1. The second kappa shape index (κ2) is 3.38. The lowest BCUT2D eigenvalue weighted by atomic mass is 10.2. The summed E-state index contributed by atoms with van der Waals surface area (Å²) in [6.45, 7) is 1.98. The van der Waals surface area contributed by atoms with Gasteiger partial charge in [-0.15, -0.1) is 0 Å². The van der Waals surface area contributed by atoms with Crippen LogP contribution in [0, 0.1) is 0 Å². The van der Waals surface area contributed by atoms with E-state index in [0.717, 1.165) is 17.2 Å². The maximum atomic E-state index is 5.05. The molecule has 80 valence electrons. The molecule has 1 aromatic rings. The van der Waals surface area contributed by atoms with Crippen molar-refractivity contribution in [2.45, 2.75) is 13.0 Å². The Morgan fingerprint density at radius 3 is 2.81 bits per heavy atom. The van der Waals surface area contributed by atoms with E-state index < -0.39 is 0 Å². The van der Waals surface area contributed by atoms with E-state index >= 15 is 0 Å². The van der Waals surface area contributed by atoms with Gasteiger partial charge < -0.3 is 5.32 Å². The first kappa shape index (κ1) is 9.47. The van der Waals surface area contributed by atoms with Gasteiger partial charge in [0.25, 0.3) is 0 Å². The second-order valence-electron chi connectivity index (χ2n) is 3.74. The quantitative estimate of drug-likeness (QED) is 0.744. The monoisotopic (exact) mass is 230 g/mol. The molecule has 16 heavy (non-hydrogen) atoms. The molecule has 0 spiro atoms. The molecule has 1 unspecified atom stereocenters. The van der Waals surface area contributed by atoms with Crippen LogP contribution in [0.15, 0.2) is 40.4 Å². The van der Waals surface area contributed by atoms with Crippen molar-refractivity contribution >= 4 is 34.6 Å². The van der Waals surface area contributed by atoms with E-state index in [1.165, 1.54) is 0 Å². The number of hydrogen-bond acceptors (Lipinski definition) is 3. The van der Waals surface area contributed by atoms with Gasteiger partial charge in [-0.1, -0.05) is 18.2 Å². The number of hydrogen-bond donors (Lipinski definition) is 1. The zero-order valence-electron chi connectivity index (χ0n) is 8.71. The molecule has 1 N–H and O–H groups in total. The van der Waals surface area contributed by atoms with Crippen LogP contribution in [0.2, 0.25) is 0 Å². The van der Waals surface area contributed by atoms with E-state index in [1.54, 1.807) is 0 Å². The Morgan fingerprint density at radius 1 is 1.31 bits per heavy atom. The van der Waals surface area contributed by atoms with Crippen molar-refractivity contribution in [1.82, 2.24) is 5.32 Å². The molecular weight excluding hydrogens is 220 g/mol. The molecule has 2 heterocycles. The van der Waals surface area contributed by atoms with E-state index in [2.05, 4.69) is 15.4 Å². The predicted octanol–water partition coefficient (Wildman–Crippen LogP) is 1.54.